The molecule has 0 heterocycles. The molecule has 0 aliphatic heterocycles. The monoisotopic (exact) mass is 181 g/mol. The third-order valence-electron chi connectivity index (χ3n) is 1.51. The molecule has 13 heavy (non-hydrogen) atoms. The molecule has 1 aromatic carbocycles. The average Bonchev–Trinajstić information content (AvgIpc) is 2.06. The molecule has 1 unspecified atom stereocenters. The molecule has 3 heteroatoms. The maximum absolute atomic E-state index is 10.6. The van der Waals surface area contributed by atoms with Crippen LogP contribution in [0.25, 0.3) is 0 Å². The maximum atomic E-state index is 10.6. The molecule has 1 atom stereocenters. The first-order valence-electron chi connectivity index (χ1n) is 4.53. The van der Waals surface area contributed by atoms with Crippen LogP contribution >= 0.6 is 0 Å². The van der Waals surface area contributed by atoms with Crippen LogP contribution in [0.4, 0.5) is 0 Å². The van der Waals surface area contributed by atoms with E-state index in [1.165, 1.54) is 6.92 Å². The quantitative estimate of drug-likeness (QED) is 0.562. The number of aliphatic hydroxyl groups is 1. The smallest absolute Gasteiger partial charge is 0.308 e. The number of ether oxygens (including phenoxy) is 1. The number of hydrogen-bond acceptors (Lipinski definition) is 3. The third kappa shape index (κ3) is 3.25. The molecule has 1 aromatic rings. The van der Waals surface area contributed by atoms with Crippen LogP contribution in [0, 0.1) is 0 Å². The minimum Gasteiger partial charge on any atom is -0.427 e. The van der Waals surface area contributed by atoms with Gasteiger partial charge in [-0.25, -0.2) is 0 Å². The molecule has 0 aliphatic rings. The summed E-state index contributed by atoms with van der Waals surface area (Å²) in [4.78, 5) is 10.6. The number of aryl methyl sites for hydroxylation is 1. The van der Waals surface area contributed by atoms with Crippen molar-refractivity contribution < 1.29 is 16.0 Å². The zero-order valence-electron chi connectivity index (χ0n) is 8.36. The van der Waals surface area contributed by atoms with Crippen LogP contribution in [0.5, 0.6) is 5.75 Å². The number of rotatable bonds is 3. The molecule has 0 bridgehead atoms. The molecule has 0 saturated heterocycles. The molecular weight excluding hydrogens is 168 g/mol. The van der Waals surface area contributed by atoms with E-state index in [2.05, 4.69) is 0 Å². The Kier molecular flexibility index (Phi) is 2.94. The first-order valence-corrected chi connectivity index (χ1v) is 3.95. The van der Waals surface area contributed by atoms with E-state index in [1.807, 2.05) is 0 Å². The van der Waals surface area contributed by atoms with E-state index in [-0.39, 0.29) is 12.4 Å². The van der Waals surface area contributed by atoms with Crippen molar-refractivity contribution in [3.63, 3.8) is 0 Å². The molecule has 0 amide bonds. The number of hydrogen-bond donors (Lipinski definition) is 1. The fraction of sp³-hybridized carbons (Fsp3) is 0.300. The molecule has 0 aliphatic carbocycles. The van der Waals surface area contributed by atoms with E-state index in [9.17, 15) is 4.79 Å². The minimum atomic E-state index is -1.10. The minimum absolute atomic E-state index is 0.278. The van der Waals surface area contributed by atoms with Gasteiger partial charge in [0, 0.05) is 13.5 Å². The Hall–Kier alpha value is -1.35. The molecule has 1 rings (SSSR count). The summed E-state index contributed by atoms with van der Waals surface area (Å²) >= 11 is 0. The molecule has 0 fully saturated rings. The van der Waals surface area contributed by atoms with Gasteiger partial charge in [0.2, 0.25) is 0 Å². The fourth-order valence-electron chi connectivity index (χ4n) is 0.965. The van der Waals surface area contributed by atoms with Crippen LogP contribution in [0.1, 0.15) is 13.9 Å². The Morgan fingerprint density at radius 2 is 2.15 bits per heavy atom. The summed E-state index contributed by atoms with van der Waals surface area (Å²) in [7, 11) is 0. The summed E-state index contributed by atoms with van der Waals surface area (Å²) in [5.41, 5.74) is 0.836. The van der Waals surface area contributed by atoms with Gasteiger partial charge in [-0.05, 0) is 24.1 Å². The van der Waals surface area contributed by atoms with E-state index in [4.69, 9.17) is 11.2 Å². The predicted octanol–water partition coefficient (Wildman–Crippen LogP) is 1.15. The van der Waals surface area contributed by atoms with E-state index in [0.29, 0.717) is 5.75 Å². The van der Waals surface area contributed by atoms with Crippen LogP contribution in [-0.2, 0) is 11.2 Å². The molecule has 0 aromatic heterocycles. The second-order valence-electron chi connectivity index (χ2n) is 2.62. The van der Waals surface area contributed by atoms with Crippen LogP contribution < -0.4 is 4.74 Å². The van der Waals surface area contributed by atoms with Gasteiger partial charge in [-0.3, -0.25) is 4.79 Å². The van der Waals surface area contributed by atoms with Crippen LogP contribution in [0.15, 0.2) is 24.3 Å². The van der Waals surface area contributed by atoms with Gasteiger partial charge < -0.3 is 9.84 Å². The van der Waals surface area contributed by atoms with Gasteiger partial charge in [0.25, 0.3) is 0 Å². The molecule has 0 spiro atoms. The maximum Gasteiger partial charge on any atom is 0.308 e. The molecule has 0 radical (unpaired) electrons. The van der Waals surface area contributed by atoms with E-state index in [0.717, 1.165) is 5.56 Å². The number of carbonyl (C=O) groups excluding carboxylic acids is 1. The lowest BCUT2D eigenvalue weighted by Crippen LogP contribution is -2.01. The van der Waals surface area contributed by atoms with Crippen LogP contribution in [-0.4, -0.2) is 17.7 Å². The van der Waals surface area contributed by atoms with Crippen molar-refractivity contribution in [1.29, 1.82) is 0 Å². The molecule has 1 N–H and O–H groups in total. The molecular formula is C10H12O3. The zero-order chi connectivity index (χ0) is 10.6. The Morgan fingerprint density at radius 1 is 1.54 bits per heavy atom. The summed E-state index contributed by atoms with van der Waals surface area (Å²) in [6.07, 6.45) is 0.278. The van der Waals surface area contributed by atoms with Crippen molar-refractivity contribution >= 4 is 5.97 Å². The van der Waals surface area contributed by atoms with Crippen molar-refractivity contribution in [1.82, 2.24) is 0 Å². The van der Waals surface area contributed by atoms with Gasteiger partial charge in [-0.15, -0.1) is 0 Å². The van der Waals surface area contributed by atoms with Crippen molar-refractivity contribution in [3.05, 3.63) is 29.8 Å². The summed E-state index contributed by atoms with van der Waals surface area (Å²) in [6.45, 7) is 0.233. The van der Waals surface area contributed by atoms with Crippen molar-refractivity contribution in [2.24, 2.45) is 0 Å². The van der Waals surface area contributed by atoms with Gasteiger partial charge in [-0.1, -0.05) is 12.1 Å². The Morgan fingerprint density at radius 3 is 2.62 bits per heavy atom. The van der Waals surface area contributed by atoms with Crippen molar-refractivity contribution in [3.8, 4) is 5.75 Å². The highest BCUT2D eigenvalue weighted by molar-refractivity contribution is 5.69. The number of esters is 1. The normalized spacial score (nSPS) is 13.2. The highest BCUT2D eigenvalue weighted by Gasteiger charge is 1.97. The Bertz CT molecular complexity index is 306. The number of aliphatic hydroxyl groups excluding tert-OH is 1. The van der Waals surface area contributed by atoms with Gasteiger partial charge >= 0.3 is 5.97 Å². The molecule has 3 nitrogen and oxygen atoms in total. The van der Waals surface area contributed by atoms with Gasteiger partial charge in [0.05, 0.1) is 1.37 Å². The molecule has 0 saturated carbocycles. The lowest BCUT2D eigenvalue weighted by atomic mass is 10.1. The van der Waals surface area contributed by atoms with Crippen molar-refractivity contribution in [2.45, 2.75) is 13.3 Å². The largest absolute Gasteiger partial charge is 0.427 e. The first kappa shape index (κ1) is 8.26. The summed E-state index contributed by atoms with van der Waals surface area (Å²) in [5, 5.41) is 8.80. The number of benzene rings is 1. The van der Waals surface area contributed by atoms with E-state index >= 15 is 0 Å². The summed E-state index contributed by atoms with van der Waals surface area (Å²) in [6, 6.07) is 6.71. The lowest BCUT2D eigenvalue weighted by Gasteiger charge is -2.02. The first-order chi connectivity index (χ1) is 6.58. The predicted molar refractivity (Wildman–Crippen MR) is 48.5 cm³/mol. The summed E-state index contributed by atoms with van der Waals surface area (Å²) in [5.74, 6) is 0.110. The Balaban J connectivity index is 2.63. The third-order valence-corrected chi connectivity index (χ3v) is 1.51. The van der Waals surface area contributed by atoms with Crippen LogP contribution in [0.3, 0.4) is 0 Å². The Labute approximate surface area is 78.4 Å². The van der Waals surface area contributed by atoms with E-state index < -0.39 is 6.58 Å². The standard InChI is InChI=1S/C10H12O3/c1-8(12)13-10-4-2-9(3-5-10)6-7-11/h2-5,11H,6-7H2,1H3/i7D. The zero-order valence-corrected chi connectivity index (χ0v) is 7.36. The summed E-state index contributed by atoms with van der Waals surface area (Å²) < 4.78 is 11.8. The van der Waals surface area contributed by atoms with Gasteiger partial charge in [0.1, 0.15) is 5.75 Å². The molecule has 70 valence electrons. The van der Waals surface area contributed by atoms with Crippen molar-refractivity contribution in [2.75, 3.05) is 6.58 Å². The SMILES string of the molecule is [2H]C(O)Cc1ccc(OC(C)=O)cc1. The van der Waals surface area contributed by atoms with Crippen LogP contribution in [0.2, 0.25) is 0 Å². The highest BCUT2D eigenvalue weighted by atomic mass is 16.5. The second-order valence-corrected chi connectivity index (χ2v) is 2.62. The van der Waals surface area contributed by atoms with Gasteiger partial charge in [0.15, 0.2) is 0 Å². The van der Waals surface area contributed by atoms with E-state index in [1.54, 1.807) is 24.3 Å². The average molecular weight is 181 g/mol. The number of carbonyl (C=O) groups is 1. The lowest BCUT2D eigenvalue weighted by molar-refractivity contribution is -0.131. The fourth-order valence-corrected chi connectivity index (χ4v) is 0.965. The second kappa shape index (κ2) is 4.62. The van der Waals surface area contributed by atoms with Gasteiger partial charge in [-0.2, -0.15) is 0 Å². The highest BCUT2D eigenvalue weighted by Crippen LogP contribution is 2.12. The topological polar surface area (TPSA) is 46.5 Å².